The second-order valence-electron chi connectivity index (χ2n) is 7.44. The third-order valence-corrected chi connectivity index (χ3v) is 4.45. The van der Waals surface area contributed by atoms with Crippen molar-refractivity contribution in [1.29, 1.82) is 0 Å². The SMILES string of the molecule is CCC=CCC=CCCC=CC=CCC=CCC=CCCC(=O)NC(CCC(N)=O)C(=O)O. The van der Waals surface area contributed by atoms with Crippen LogP contribution >= 0.6 is 0 Å². The maximum atomic E-state index is 11.8. The maximum absolute atomic E-state index is 11.8. The zero-order valence-electron chi connectivity index (χ0n) is 19.8. The normalized spacial score (nSPS) is 13.4. The van der Waals surface area contributed by atoms with Crippen molar-refractivity contribution in [3.05, 3.63) is 72.9 Å². The molecule has 0 bridgehead atoms. The van der Waals surface area contributed by atoms with Crippen LogP contribution in [0.2, 0.25) is 0 Å². The molecule has 2 amide bonds. The molecule has 0 heterocycles. The van der Waals surface area contributed by atoms with Gasteiger partial charge in [-0.3, -0.25) is 9.59 Å². The second kappa shape index (κ2) is 22.1. The molecule has 0 fully saturated rings. The van der Waals surface area contributed by atoms with Gasteiger partial charge in [-0.1, -0.05) is 79.8 Å². The standard InChI is InChI=1S/C27H40N2O4/c1-2-3-4-5-6-7-8-9-10-11-12-13-14-15-16-17-18-19-20-21-26(31)29-24(27(32)33)22-23-25(28)30/h3-4,6-7,10-13,15-16,18-19,24H,2,5,8-9,14,17,20-23H2,1H3,(H2,28,30)(H,29,31)(H,32,33). The summed E-state index contributed by atoms with van der Waals surface area (Å²) in [6.45, 7) is 2.14. The molecule has 0 rings (SSSR count). The van der Waals surface area contributed by atoms with Crippen molar-refractivity contribution in [2.75, 3.05) is 0 Å². The van der Waals surface area contributed by atoms with Crippen molar-refractivity contribution in [1.82, 2.24) is 5.32 Å². The smallest absolute Gasteiger partial charge is 0.326 e. The molecule has 0 radical (unpaired) electrons. The maximum Gasteiger partial charge on any atom is 0.326 e. The van der Waals surface area contributed by atoms with Gasteiger partial charge in [0.1, 0.15) is 6.04 Å². The van der Waals surface area contributed by atoms with Crippen molar-refractivity contribution < 1.29 is 19.5 Å². The molecule has 0 saturated heterocycles. The van der Waals surface area contributed by atoms with Gasteiger partial charge in [0.05, 0.1) is 0 Å². The molecule has 0 spiro atoms. The van der Waals surface area contributed by atoms with Crippen LogP contribution in [0.4, 0.5) is 0 Å². The Labute approximate surface area is 198 Å². The first-order chi connectivity index (χ1) is 16.0. The quantitative estimate of drug-likeness (QED) is 0.139. The number of nitrogens with two attached hydrogens (primary N) is 1. The number of hydrogen-bond acceptors (Lipinski definition) is 3. The Morgan fingerprint density at radius 1 is 0.758 bits per heavy atom. The summed E-state index contributed by atoms with van der Waals surface area (Å²) in [6, 6.07) is -1.09. The van der Waals surface area contributed by atoms with Crippen molar-refractivity contribution in [3.8, 4) is 0 Å². The Bertz CT molecular complexity index is 730. The molecule has 0 aromatic heterocycles. The zero-order chi connectivity index (χ0) is 24.6. The molecule has 0 aliphatic heterocycles. The summed E-state index contributed by atoms with van der Waals surface area (Å²) < 4.78 is 0. The second-order valence-corrected chi connectivity index (χ2v) is 7.44. The highest BCUT2D eigenvalue weighted by molar-refractivity contribution is 5.84. The van der Waals surface area contributed by atoms with Crippen LogP contribution in [0.1, 0.15) is 71.1 Å². The number of carbonyl (C=O) groups is 3. The fourth-order valence-corrected chi connectivity index (χ4v) is 2.67. The fourth-order valence-electron chi connectivity index (χ4n) is 2.67. The van der Waals surface area contributed by atoms with Crippen LogP contribution in [-0.4, -0.2) is 28.9 Å². The molecule has 0 aliphatic rings. The van der Waals surface area contributed by atoms with Crippen LogP contribution < -0.4 is 11.1 Å². The first-order valence-corrected chi connectivity index (χ1v) is 11.7. The molecule has 0 aromatic carbocycles. The Morgan fingerprint density at radius 3 is 1.94 bits per heavy atom. The van der Waals surface area contributed by atoms with Gasteiger partial charge in [-0.15, -0.1) is 0 Å². The van der Waals surface area contributed by atoms with Crippen molar-refractivity contribution in [3.63, 3.8) is 0 Å². The van der Waals surface area contributed by atoms with Crippen molar-refractivity contribution in [2.24, 2.45) is 5.73 Å². The largest absolute Gasteiger partial charge is 0.480 e. The van der Waals surface area contributed by atoms with Crippen LogP contribution in [0.15, 0.2) is 72.9 Å². The lowest BCUT2D eigenvalue weighted by Gasteiger charge is -2.13. The molecule has 1 unspecified atom stereocenters. The van der Waals surface area contributed by atoms with Gasteiger partial charge in [0, 0.05) is 12.8 Å². The molecule has 1 atom stereocenters. The summed E-state index contributed by atoms with van der Waals surface area (Å²) in [7, 11) is 0. The van der Waals surface area contributed by atoms with E-state index >= 15 is 0 Å². The number of rotatable bonds is 19. The van der Waals surface area contributed by atoms with E-state index in [9.17, 15) is 14.4 Å². The third-order valence-electron chi connectivity index (χ3n) is 4.45. The predicted molar refractivity (Wildman–Crippen MR) is 135 cm³/mol. The third kappa shape index (κ3) is 21.9. The van der Waals surface area contributed by atoms with Gasteiger partial charge in [-0.2, -0.15) is 0 Å². The monoisotopic (exact) mass is 456 g/mol. The lowest BCUT2D eigenvalue weighted by molar-refractivity contribution is -0.142. The van der Waals surface area contributed by atoms with Gasteiger partial charge in [-0.25, -0.2) is 4.79 Å². The van der Waals surface area contributed by atoms with E-state index in [1.54, 1.807) is 0 Å². The molecule has 6 nitrogen and oxygen atoms in total. The number of unbranched alkanes of at least 4 members (excludes halogenated alkanes) is 1. The number of allylic oxidation sites excluding steroid dienone is 12. The lowest BCUT2D eigenvalue weighted by Crippen LogP contribution is -2.41. The van der Waals surface area contributed by atoms with E-state index in [0.717, 1.165) is 38.5 Å². The molecule has 0 aliphatic carbocycles. The average Bonchev–Trinajstić information content (AvgIpc) is 2.77. The molecular weight excluding hydrogens is 416 g/mol. The first-order valence-electron chi connectivity index (χ1n) is 11.7. The summed E-state index contributed by atoms with van der Waals surface area (Å²) in [6.07, 6.45) is 31.7. The van der Waals surface area contributed by atoms with Crippen molar-refractivity contribution >= 4 is 17.8 Å². The van der Waals surface area contributed by atoms with Gasteiger partial charge >= 0.3 is 5.97 Å². The Hall–Kier alpha value is -3.15. The molecule has 33 heavy (non-hydrogen) atoms. The number of primary amides is 1. The summed E-state index contributed by atoms with van der Waals surface area (Å²) >= 11 is 0. The van der Waals surface area contributed by atoms with E-state index in [1.165, 1.54) is 0 Å². The van der Waals surface area contributed by atoms with Gasteiger partial charge in [0.25, 0.3) is 0 Å². The van der Waals surface area contributed by atoms with Crippen LogP contribution in [0.5, 0.6) is 0 Å². The average molecular weight is 457 g/mol. The van der Waals surface area contributed by atoms with Crippen molar-refractivity contribution in [2.45, 2.75) is 77.2 Å². The molecule has 0 aromatic rings. The molecule has 0 saturated carbocycles. The Morgan fingerprint density at radius 2 is 1.30 bits per heavy atom. The minimum atomic E-state index is -1.17. The van der Waals surface area contributed by atoms with Crippen LogP contribution in [0.3, 0.4) is 0 Å². The topological polar surface area (TPSA) is 109 Å². The fraction of sp³-hybridized carbons (Fsp3) is 0.444. The Balaban J connectivity index is 3.83. The highest BCUT2D eigenvalue weighted by Crippen LogP contribution is 2.01. The van der Waals surface area contributed by atoms with E-state index in [2.05, 4.69) is 73.0 Å². The number of nitrogens with one attached hydrogen (secondary N) is 1. The number of aliphatic carboxylic acids is 1. The molecule has 182 valence electrons. The minimum Gasteiger partial charge on any atom is -0.480 e. The minimum absolute atomic E-state index is 0.00415. The van der Waals surface area contributed by atoms with E-state index in [-0.39, 0.29) is 25.2 Å². The highest BCUT2D eigenvalue weighted by atomic mass is 16.4. The van der Waals surface area contributed by atoms with Crippen LogP contribution in [0, 0.1) is 0 Å². The predicted octanol–water partition coefficient (Wildman–Crippen LogP) is 5.30. The summed E-state index contributed by atoms with van der Waals surface area (Å²) in [4.78, 5) is 33.7. The van der Waals surface area contributed by atoms with Gasteiger partial charge in [-0.05, 0) is 51.4 Å². The highest BCUT2D eigenvalue weighted by Gasteiger charge is 2.19. The molecule has 4 N–H and O–H groups in total. The van der Waals surface area contributed by atoms with E-state index in [4.69, 9.17) is 10.8 Å². The number of carboxylic acid groups (broad SMARTS) is 1. The van der Waals surface area contributed by atoms with Gasteiger partial charge in [0.15, 0.2) is 0 Å². The zero-order valence-corrected chi connectivity index (χ0v) is 19.8. The number of amides is 2. The van der Waals surface area contributed by atoms with Gasteiger partial charge in [0.2, 0.25) is 11.8 Å². The molecular formula is C27H40N2O4. The molecule has 6 heteroatoms. The van der Waals surface area contributed by atoms with Gasteiger partial charge < -0.3 is 16.2 Å². The van der Waals surface area contributed by atoms with E-state index in [0.29, 0.717) is 6.42 Å². The Kier molecular flexibility index (Phi) is 20.0. The number of hydrogen-bond donors (Lipinski definition) is 3. The number of carboxylic acids is 1. The van der Waals surface area contributed by atoms with Crippen LogP contribution in [0.25, 0.3) is 0 Å². The number of carbonyl (C=O) groups excluding carboxylic acids is 2. The van der Waals surface area contributed by atoms with E-state index < -0.39 is 17.9 Å². The summed E-state index contributed by atoms with van der Waals surface area (Å²) in [5, 5.41) is 11.5. The summed E-state index contributed by atoms with van der Waals surface area (Å²) in [5.41, 5.74) is 5.02. The lowest BCUT2D eigenvalue weighted by atomic mass is 10.1. The van der Waals surface area contributed by atoms with Crippen LogP contribution in [-0.2, 0) is 14.4 Å². The van der Waals surface area contributed by atoms with E-state index in [1.807, 2.05) is 12.2 Å². The summed E-state index contributed by atoms with van der Waals surface area (Å²) in [5.74, 6) is -2.11. The first kappa shape index (κ1) is 29.9.